The maximum atomic E-state index is 12.5. The first-order valence-corrected chi connectivity index (χ1v) is 10.5. The topological polar surface area (TPSA) is 99.2 Å². The van der Waals surface area contributed by atoms with Crippen LogP contribution in [-0.4, -0.2) is 70.1 Å². The zero-order chi connectivity index (χ0) is 20.0. The molecule has 1 fully saturated rings. The fraction of sp³-hybridized carbons (Fsp3) is 0.556. The van der Waals surface area contributed by atoms with Crippen LogP contribution in [0.25, 0.3) is 0 Å². The summed E-state index contributed by atoms with van der Waals surface area (Å²) >= 11 is 0. The lowest BCUT2D eigenvalue weighted by atomic mass is 10.2. The molecule has 1 aromatic carbocycles. The molecule has 0 N–H and O–H groups in total. The van der Waals surface area contributed by atoms with Gasteiger partial charge in [-0.05, 0) is 25.0 Å². The number of hydrogen-bond donors (Lipinski definition) is 0. The molecule has 2 rings (SSSR count). The number of carbonyl (C=O) groups excluding carboxylic acids is 2. The number of rotatable bonds is 8. The molecule has 1 heterocycles. The van der Waals surface area contributed by atoms with Crippen LogP contribution >= 0.6 is 0 Å². The fourth-order valence-corrected chi connectivity index (χ4v) is 4.76. The quantitative estimate of drug-likeness (QED) is 0.607. The van der Waals surface area contributed by atoms with Crippen molar-refractivity contribution in [3.8, 4) is 11.5 Å². The van der Waals surface area contributed by atoms with E-state index in [9.17, 15) is 18.0 Å². The highest BCUT2D eigenvalue weighted by molar-refractivity contribution is 7.91. The molecule has 1 aliphatic heterocycles. The van der Waals surface area contributed by atoms with Crippen molar-refractivity contribution in [1.29, 1.82) is 0 Å². The third kappa shape index (κ3) is 5.35. The summed E-state index contributed by atoms with van der Waals surface area (Å²) in [7, 11) is -0.198. The number of esters is 1. The molecule has 0 saturated carbocycles. The zero-order valence-electron chi connectivity index (χ0n) is 15.8. The van der Waals surface area contributed by atoms with Crippen LogP contribution in [0.2, 0.25) is 0 Å². The Morgan fingerprint density at radius 1 is 1.22 bits per heavy atom. The van der Waals surface area contributed by atoms with Gasteiger partial charge in [0, 0.05) is 18.7 Å². The molecule has 1 saturated heterocycles. The van der Waals surface area contributed by atoms with Crippen molar-refractivity contribution >= 4 is 21.7 Å². The van der Waals surface area contributed by atoms with E-state index in [-0.39, 0.29) is 28.9 Å². The molecule has 27 heavy (non-hydrogen) atoms. The molecule has 0 aromatic heterocycles. The van der Waals surface area contributed by atoms with Crippen LogP contribution in [0, 0.1) is 0 Å². The standard InChI is InChI=1S/C18H25NO7S/c1-4-8-19(13-7-9-27(22,23)12-13)17(20)11-26-18(21)15-6-5-14(24-2)10-16(15)25-3/h5-6,10,13H,4,7-9,11-12H2,1-3H3/t13-/m1/s1. The van der Waals surface area contributed by atoms with Crippen LogP contribution in [-0.2, 0) is 19.4 Å². The molecule has 0 spiro atoms. The second-order valence-corrected chi connectivity index (χ2v) is 8.52. The maximum absolute atomic E-state index is 12.5. The van der Waals surface area contributed by atoms with Crippen molar-refractivity contribution in [2.45, 2.75) is 25.8 Å². The molecular formula is C18H25NO7S. The summed E-state index contributed by atoms with van der Waals surface area (Å²) in [6.07, 6.45) is 1.09. The second-order valence-electron chi connectivity index (χ2n) is 6.29. The number of amides is 1. The minimum atomic E-state index is -3.11. The van der Waals surface area contributed by atoms with E-state index in [0.29, 0.717) is 25.1 Å². The van der Waals surface area contributed by atoms with Gasteiger partial charge in [-0.25, -0.2) is 13.2 Å². The number of benzene rings is 1. The van der Waals surface area contributed by atoms with E-state index in [4.69, 9.17) is 14.2 Å². The first-order chi connectivity index (χ1) is 12.8. The summed E-state index contributed by atoms with van der Waals surface area (Å²) in [4.78, 5) is 26.4. The van der Waals surface area contributed by atoms with E-state index < -0.39 is 28.3 Å². The lowest BCUT2D eigenvalue weighted by Crippen LogP contribution is -2.43. The molecule has 1 amide bonds. The van der Waals surface area contributed by atoms with Gasteiger partial charge >= 0.3 is 5.97 Å². The van der Waals surface area contributed by atoms with E-state index in [1.165, 1.54) is 25.2 Å². The van der Waals surface area contributed by atoms with E-state index in [2.05, 4.69) is 0 Å². The lowest BCUT2D eigenvalue weighted by molar-refractivity contribution is -0.136. The Balaban J connectivity index is 2.03. The van der Waals surface area contributed by atoms with E-state index >= 15 is 0 Å². The number of nitrogens with zero attached hydrogens (tertiary/aromatic N) is 1. The molecule has 0 aliphatic carbocycles. The molecule has 0 bridgehead atoms. The Morgan fingerprint density at radius 3 is 2.52 bits per heavy atom. The Morgan fingerprint density at radius 2 is 1.96 bits per heavy atom. The van der Waals surface area contributed by atoms with Crippen molar-refractivity contribution in [2.75, 3.05) is 38.9 Å². The van der Waals surface area contributed by atoms with Gasteiger partial charge in [0.05, 0.1) is 25.7 Å². The molecule has 150 valence electrons. The largest absolute Gasteiger partial charge is 0.497 e. The minimum absolute atomic E-state index is 0.0427. The van der Waals surface area contributed by atoms with Gasteiger partial charge < -0.3 is 19.1 Å². The van der Waals surface area contributed by atoms with Gasteiger partial charge in [-0.15, -0.1) is 0 Å². The molecule has 1 aromatic rings. The Kier molecular flexibility index (Phi) is 7.06. The first kappa shape index (κ1) is 21.0. The summed E-state index contributed by atoms with van der Waals surface area (Å²) in [5.41, 5.74) is 0.177. The van der Waals surface area contributed by atoms with Gasteiger partial charge in [0.2, 0.25) is 0 Å². The summed E-state index contributed by atoms with van der Waals surface area (Å²) in [6, 6.07) is 4.27. The van der Waals surface area contributed by atoms with Gasteiger partial charge in [0.25, 0.3) is 5.91 Å². The molecule has 9 heteroatoms. The second kappa shape index (κ2) is 9.07. The van der Waals surface area contributed by atoms with Crippen molar-refractivity contribution < 1.29 is 32.2 Å². The monoisotopic (exact) mass is 399 g/mol. The van der Waals surface area contributed by atoms with Crippen LogP contribution in [0.5, 0.6) is 11.5 Å². The maximum Gasteiger partial charge on any atom is 0.342 e. The van der Waals surface area contributed by atoms with E-state index in [1.54, 1.807) is 12.1 Å². The van der Waals surface area contributed by atoms with E-state index in [0.717, 1.165) is 0 Å². The average Bonchev–Trinajstić information content (AvgIpc) is 3.02. The van der Waals surface area contributed by atoms with Gasteiger partial charge in [-0.3, -0.25) is 4.79 Å². The Bertz CT molecular complexity index is 791. The Labute approximate surface area is 159 Å². The van der Waals surface area contributed by atoms with Crippen LogP contribution in [0.15, 0.2) is 18.2 Å². The molecule has 0 radical (unpaired) electrons. The summed E-state index contributed by atoms with van der Waals surface area (Å²) < 4.78 is 38.8. The third-order valence-corrected chi connectivity index (χ3v) is 6.14. The predicted octanol–water partition coefficient (Wildman–Crippen LogP) is 1.29. The zero-order valence-corrected chi connectivity index (χ0v) is 16.6. The third-order valence-electron chi connectivity index (χ3n) is 4.39. The van der Waals surface area contributed by atoms with Crippen LogP contribution in [0.4, 0.5) is 0 Å². The molecular weight excluding hydrogens is 374 g/mol. The Hall–Kier alpha value is -2.29. The summed E-state index contributed by atoms with van der Waals surface area (Å²) in [5.74, 6) is -0.263. The number of methoxy groups -OCH3 is 2. The van der Waals surface area contributed by atoms with Gasteiger partial charge in [-0.2, -0.15) is 0 Å². The van der Waals surface area contributed by atoms with Crippen molar-refractivity contribution in [2.24, 2.45) is 0 Å². The van der Waals surface area contributed by atoms with Crippen molar-refractivity contribution in [1.82, 2.24) is 4.90 Å². The number of ether oxygens (including phenoxy) is 3. The highest BCUT2D eigenvalue weighted by atomic mass is 32.2. The minimum Gasteiger partial charge on any atom is -0.497 e. The van der Waals surface area contributed by atoms with Crippen molar-refractivity contribution in [3.63, 3.8) is 0 Å². The van der Waals surface area contributed by atoms with Crippen molar-refractivity contribution in [3.05, 3.63) is 23.8 Å². The number of hydrogen-bond acceptors (Lipinski definition) is 7. The highest BCUT2D eigenvalue weighted by Gasteiger charge is 2.34. The van der Waals surface area contributed by atoms with Crippen LogP contribution in [0.1, 0.15) is 30.1 Å². The lowest BCUT2D eigenvalue weighted by Gasteiger charge is -2.27. The van der Waals surface area contributed by atoms with E-state index in [1.807, 2.05) is 6.92 Å². The first-order valence-electron chi connectivity index (χ1n) is 8.70. The molecule has 8 nitrogen and oxygen atoms in total. The smallest absolute Gasteiger partial charge is 0.342 e. The van der Waals surface area contributed by atoms with Crippen LogP contribution < -0.4 is 9.47 Å². The molecule has 1 aliphatic rings. The summed E-state index contributed by atoms with van der Waals surface area (Å²) in [5, 5.41) is 0. The number of carbonyl (C=O) groups is 2. The predicted molar refractivity (Wildman–Crippen MR) is 98.9 cm³/mol. The van der Waals surface area contributed by atoms with Gasteiger partial charge in [0.1, 0.15) is 17.1 Å². The molecule has 1 atom stereocenters. The SMILES string of the molecule is CCCN(C(=O)COC(=O)c1ccc(OC)cc1OC)[C@@H]1CCS(=O)(=O)C1. The van der Waals surface area contributed by atoms with Gasteiger partial charge in [-0.1, -0.05) is 6.92 Å². The normalized spacial score (nSPS) is 18.0. The van der Waals surface area contributed by atoms with Crippen LogP contribution in [0.3, 0.4) is 0 Å². The number of sulfone groups is 1. The highest BCUT2D eigenvalue weighted by Crippen LogP contribution is 2.25. The fourth-order valence-electron chi connectivity index (χ4n) is 3.03. The summed E-state index contributed by atoms with van der Waals surface area (Å²) in [6.45, 7) is 1.87. The molecule has 0 unspecified atom stereocenters. The van der Waals surface area contributed by atoms with Gasteiger partial charge in [0.15, 0.2) is 16.4 Å². The average molecular weight is 399 g/mol.